The molecule has 4 heteroatoms. The maximum atomic E-state index is 13.9. The second-order valence-electron chi connectivity index (χ2n) is 6.00. The van der Waals surface area contributed by atoms with Gasteiger partial charge in [0.1, 0.15) is 5.82 Å². The van der Waals surface area contributed by atoms with Gasteiger partial charge in [0.05, 0.1) is 5.56 Å². The van der Waals surface area contributed by atoms with Crippen molar-refractivity contribution in [2.24, 2.45) is 0 Å². The Labute approximate surface area is 142 Å². The van der Waals surface area contributed by atoms with E-state index in [2.05, 4.69) is 19.1 Å². The molecule has 2 rings (SSSR count). The molecular weight excluding hydrogens is 305 g/mol. The molecule has 0 aromatic heterocycles. The maximum absolute atomic E-state index is 13.9. The quantitative estimate of drug-likeness (QED) is 0.401. The highest BCUT2D eigenvalue weighted by Gasteiger charge is 2.11. The fourth-order valence-electron chi connectivity index (χ4n) is 2.74. The van der Waals surface area contributed by atoms with Crippen molar-refractivity contribution in [1.82, 2.24) is 5.48 Å². The number of hydrogen-bond acceptors (Lipinski definition) is 2. The number of unbranched alkanes of at least 4 members (excludes halogenated alkanes) is 4. The molecule has 0 atom stereocenters. The lowest BCUT2D eigenvalue weighted by atomic mass is 10.00. The number of aryl methyl sites for hydroxylation is 1. The minimum absolute atomic E-state index is 0.176. The van der Waals surface area contributed by atoms with Gasteiger partial charge in [-0.2, -0.15) is 0 Å². The normalized spacial score (nSPS) is 10.6. The summed E-state index contributed by atoms with van der Waals surface area (Å²) in [6.07, 6.45) is 7.36. The fourth-order valence-corrected chi connectivity index (χ4v) is 2.74. The first-order valence-corrected chi connectivity index (χ1v) is 8.49. The van der Waals surface area contributed by atoms with Gasteiger partial charge in [0, 0.05) is 0 Å². The van der Waals surface area contributed by atoms with Crippen LogP contribution in [0.15, 0.2) is 42.5 Å². The second kappa shape index (κ2) is 9.18. The van der Waals surface area contributed by atoms with Gasteiger partial charge in [0.15, 0.2) is 0 Å². The van der Waals surface area contributed by atoms with Gasteiger partial charge in [0.2, 0.25) is 0 Å². The first kappa shape index (κ1) is 18.1. The number of halogens is 1. The van der Waals surface area contributed by atoms with Crippen LogP contribution in [0.1, 0.15) is 54.9 Å². The van der Waals surface area contributed by atoms with Crippen LogP contribution in [0.3, 0.4) is 0 Å². The smallest absolute Gasteiger partial charge is 0.277 e. The molecular formula is C20H24FNO2. The van der Waals surface area contributed by atoms with Gasteiger partial charge in [-0.05, 0) is 41.7 Å². The molecule has 0 aliphatic rings. The monoisotopic (exact) mass is 329 g/mol. The summed E-state index contributed by atoms with van der Waals surface area (Å²) >= 11 is 0. The average molecular weight is 329 g/mol. The van der Waals surface area contributed by atoms with E-state index in [-0.39, 0.29) is 5.56 Å². The SMILES string of the molecule is CCCCCCCc1ccc(-c2ccc(C(=O)NO)c(F)c2)cc1. The van der Waals surface area contributed by atoms with Crippen LogP contribution in [0.5, 0.6) is 0 Å². The van der Waals surface area contributed by atoms with Crippen molar-refractivity contribution in [1.29, 1.82) is 0 Å². The molecule has 0 saturated carbocycles. The van der Waals surface area contributed by atoms with E-state index in [4.69, 9.17) is 5.21 Å². The van der Waals surface area contributed by atoms with Crippen molar-refractivity contribution < 1.29 is 14.4 Å². The van der Waals surface area contributed by atoms with E-state index in [1.54, 1.807) is 6.07 Å². The van der Waals surface area contributed by atoms with E-state index in [9.17, 15) is 9.18 Å². The van der Waals surface area contributed by atoms with Crippen LogP contribution in [-0.2, 0) is 6.42 Å². The highest BCUT2D eigenvalue weighted by molar-refractivity contribution is 5.94. The van der Waals surface area contributed by atoms with E-state index in [1.165, 1.54) is 55.3 Å². The van der Waals surface area contributed by atoms with Crippen molar-refractivity contribution in [2.45, 2.75) is 45.4 Å². The number of rotatable bonds is 8. The molecule has 2 aromatic carbocycles. The fraction of sp³-hybridized carbons (Fsp3) is 0.350. The number of hydrogen-bond donors (Lipinski definition) is 2. The van der Waals surface area contributed by atoms with Crippen LogP contribution in [0, 0.1) is 5.82 Å². The maximum Gasteiger partial charge on any atom is 0.277 e. The van der Waals surface area contributed by atoms with E-state index in [0.29, 0.717) is 5.56 Å². The number of benzene rings is 2. The summed E-state index contributed by atoms with van der Waals surface area (Å²) in [5, 5.41) is 8.58. The zero-order chi connectivity index (χ0) is 17.4. The highest BCUT2D eigenvalue weighted by atomic mass is 19.1. The van der Waals surface area contributed by atoms with Gasteiger partial charge >= 0.3 is 0 Å². The summed E-state index contributed by atoms with van der Waals surface area (Å²) in [5.74, 6) is -1.50. The lowest BCUT2D eigenvalue weighted by Gasteiger charge is -2.07. The zero-order valence-corrected chi connectivity index (χ0v) is 14.0. The van der Waals surface area contributed by atoms with Crippen LogP contribution < -0.4 is 5.48 Å². The summed E-state index contributed by atoms with van der Waals surface area (Å²) in [5.41, 5.74) is 4.16. The molecule has 3 nitrogen and oxygen atoms in total. The summed E-state index contributed by atoms with van der Waals surface area (Å²) in [4.78, 5) is 11.3. The molecule has 24 heavy (non-hydrogen) atoms. The van der Waals surface area contributed by atoms with E-state index >= 15 is 0 Å². The molecule has 0 unspecified atom stereocenters. The second-order valence-corrected chi connectivity index (χ2v) is 6.00. The minimum Gasteiger partial charge on any atom is -0.288 e. The van der Waals surface area contributed by atoms with Crippen LogP contribution in [0.2, 0.25) is 0 Å². The Morgan fingerprint density at radius 1 is 1.00 bits per heavy atom. The van der Waals surface area contributed by atoms with Crippen molar-refractivity contribution in [3.63, 3.8) is 0 Å². The summed E-state index contributed by atoms with van der Waals surface area (Å²) < 4.78 is 13.9. The largest absolute Gasteiger partial charge is 0.288 e. The van der Waals surface area contributed by atoms with Crippen molar-refractivity contribution >= 4 is 5.91 Å². The Morgan fingerprint density at radius 3 is 2.29 bits per heavy atom. The Hall–Kier alpha value is -2.20. The van der Waals surface area contributed by atoms with Crippen LogP contribution in [0.25, 0.3) is 11.1 Å². The predicted octanol–water partition coefficient (Wildman–Crippen LogP) is 5.12. The topological polar surface area (TPSA) is 49.3 Å². The first-order valence-electron chi connectivity index (χ1n) is 8.49. The molecule has 0 bridgehead atoms. The lowest BCUT2D eigenvalue weighted by molar-refractivity contribution is 0.0702. The Morgan fingerprint density at radius 2 is 1.67 bits per heavy atom. The summed E-state index contributed by atoms with van der Waals surface area (Å²) in [6, 6.07) is 12.4. The van der Waals surface area contributed by atoms with Gasteiger partial charge < -0.3 is 0 Å². The Kier molecular flexibility index (Phi) is 6.94. The third kappa shape index (κ3) is 4.90. The third-order valence-corrected chi connectivity index (χ3v) is 4.17. The predicted molar refractivity (Wildman–Crippen MR) is 93.6 cm³/mol. The molecule has 0 heterocycles. The van der Waals surface area contributed by atoms with Crippen LogP contribution in [0.4, 0.5) is 4.39 Å². The van der Waals surface area contributed by atoms with Crippen molar-refractivity contribution in [3.05, 3.63) is 59.4 Å². The Balaban J connectivity index is 2.00. The molecule has 0 radical (unpaired) electrons. The molecule has 0 aliphatic carbocycles. The van der Waals surface area contributed by atoms with Crippen LogP contribution in [-0.4, -0.2) is 11.1 Å². The number of hydroxylamine groups is 1. The Bertz CT molecular complexity index is 668. The molecule has 0 saturated heterocycles. The van der Waals surface area contributed by atoms with E-state index in [0.717, 1.165) is 12.0 Å². The number of carbonyl (C=O) groups excluding carboxylic acids is 1. The van der Waals surface area contributed by atoms with Crippen molar-refractivity contribution in [2.75, 3.05) is 0 Å². The number of nitrogens with one attached hydrogen (secondary N) is 1. The third-order valence-electron chi connectivity index (χ3n) is 4.17. The van der Waals surface area contributed by atoms with Gasteiger partial charge in [0.25, 0.3) is 5.91 Å². The number of amides is 1. The summed E-state index contributed by atoms with van der Waals surface area (Å²) in [6.45, 7) is 2.21. The molecule has 0 spiro atoms. The molecule has 0 aliphatic heterocycles. The van der Waals surface area contributed by atoms with E-state index in [1.807, 2.05) is 12.1 Å². The number of carbonyl (C=O) groups is 1. The van der Waals surface area contributed by atoms with Gasteiger partial charge in [-0.15, -0.1) is 0 Å². The van der Waals surface area contributed by atoms with E-state index < -0.39 is 11.7 Å². The minimum atomic E-state index is -0.850. The average Bonchev–Trinajstić information content (AvgIpc) is 2.61. The molecule has 2 aromatic rings. The van der Waals surface area contributed by atoms with Gasteiger partial charge in [-0.3, -0.25) is 10.0 Å². The van der Waals surface area contributed by atoms with Crippen molar-refractivity contribution in [3.8, 4) is 11.1 Å². The standard InChI is InChI=1S/C20H24FNO2/c1-2-3-4-5-6-7-15-8-10-16(11-9-15)17-12-13-18(19(21)14-17)20(23)22-24/h8-14,24H,2-7H2,1H3,(H,22,23). The molecule has 2 N–H and O–H groups in total. The molecule has 1 amide bonds. The molecule has 128 valence electrons. The lowest BCUT2D eigenvalue weighted by Crippen LogP contribution is -2.19. The van der Waals surface area contributed by atoms with Crippen LogP contribution >= 0.6 is 0 Å². The zero-order valence-electron chi connectivity index (χ0n) is 14.0. The highest BCUT2D eigenvalue weighted by Crippen LogP contribution is 2.23. The molecule has 0 fully saturated rings. The summed E-state index contributed by atoms with van der Waals surface area (Å²) in [7, 11) is 0. The van der Waals surface area contributed by atoms with Gasteiger partial charge in [-0.1, -0.05) is 62.9 Å². The first-order chi connectivity index (χ1) is 11.7. The van der Waals surface area contributed by atoms with Gasteiger partial charge in [-0.25, -0.2) is 9.87 Å².